The first-order valence-electron chi connectivity index (χ1n) is 10.2. The number of aliphatic hydroxyl groups excluding tert-OH is 3. The summed E-state index contributed by atoms with van der Waals surface area (Å²) in [6, 6.07) is 28.8. The number of benzene rings is 3. The van der Waals surface area contributed by atoms with E-state index in [0.717, 1.165) is 16.7 Å². The molecule has 1 saturated heterocycles. The molecule has 0 unspecified atom stereocenters. The molecule has 3 aromatic rings. The lowest BCUT2D eigenvalue weighted by Crippen LogP contribution is -2.58. The molecule has 4 rings (SSSR count). The van der Waals surface area contributed by atoms with Crippen molar-refractivity contribution in [1.82, 2.24) is 0 Å². The minimum Gasteiger partial charge on any atom is -0.387 e. The van der Waals surface area contributed by atoms with E-state index in [0.29, 0.717) is 0 Å². The van der Waals surface area contributed by atoms with E-state index >= 15 is 0 Å². The second kappa shape index (κ2) is 9.26. The van der Waals surface area contributed by atoms with Crippen molar-refractivity contribution in [1.29, 1.82) is 0 Å². The van der Waals surface area contributed by atoms with Crippen molar-refractivity contribution in [2.24, 2.45) is 0 Å². The van der Waals surface area contributed by atoms with E-state index in [1.54, 1.807) is 0 Å². The van der Waals surface area contributed by atoms with Gasteiger partial charge in [-0.2, -0.15) is 0 Å². The lowest BCUT2D eigenvalue weighted by atomic mass is 9.80. The van der Waals surface area contributed by atoms with Gasteiger partial charge in [0.25, 0.3) is 0 Å². The molecule has 0 aliphatic carbocycles. The van der Waals surface area contributed by atoms with Gasteiger partial charge >= 0.3 is 0 Å². The van der Waals surface area contributed by atoms with Crippen LogP contribution in [0.4, 0.5) is 4.39 Å². The van der Waals surface area contributed by atoms with Crippen LogP contribution in [0.15, 0.2) is 91.0 Å². The van der Waals surface area contributed by atoms with Gasteiger partial charge in [-0.15, -0.1) is 0 Å². The van der Waals surface area contributed by atoms with Crippen LogP contribution in [-0.4, -0.2) is 52.7 Å². The number of ether oxygens (including phenoxy) is 2. The Morgan fingerprint density at radius 1 is 0.677 bits per heavy atom. The molecule has 0 spiro atoms. The van der Waals surface area contributed by atoms with E-state index in [1.807, 2.05) is 91.0 Å². The van der Waals surface area contributed by atoms with E-state index in [4.69, 9.17) is 9.47 Å². The van der Waals surface area contributed by atoms with E-state index in [2.05, 4.69) is 0 Å². The first kappa shape index (κ1) is 21.6. The standard InChI is InChI=1S/C25H25FO5/c26-24-23(29)22(28)21(27)20(31-24)16-30-25(17-10-4-1-5-11-17,18-12-6-2-7-13-18)19-14-8-3-9-15-19/h1-15,20-24,27-29H,16H2/t20-,21-,22+,23+,24+/m1/s1. The summed E-state index contributed by atoms with van der Waals surface area (Å²) in [6.07, 6.45) is -8.26. The van der Waals surface area contributed by atoms with Crippen LogP contribution < -0.4 is 0 Å². The molecular formula is C25H25FO5. The normalized spacial score (nSPS) is 26.5. The average Bonchev–Trinajstić information content (AvgIpc) is 2.83. The highest BCUT2D eigenvalue weighted by atomic mass is 19.1. The summed E-state index contributed by atoms with van der Waals surface area (Å²) < 4.78 is 25.7. The van der Waals surface area contributed by atoms with E-state index in [-0.39, 0.29) is 6.61 Å². The highest BCUT2D eigenvalue weighted by molar-refractivity contribution is 5.47. The molecule has 3 N–H and O–H groups in total. The molecule has 0 aromatic heterocycles. The molecular weight excluding hydrogens is 399 g/mol. The lowest BCUT2D eigenvalue weighted by Gasteiger charge is -2.41. The lowest BCUT2D eigenvalue weighted by molar-refractivity contribution is -0.269. The van der Waals surface area contributed by atoms with Gasteiger partial charge in [0, 0.05) is 0 Å². The zero-order valence-corrected chi connectivity index (χ0v) is 16.8. The molecule has 1 fully saturated rings. The summed E-state index contributed by atoms with van der Waals surface area (Å²) >= 11 is 0. The van der Waals surface area contributed by atoms with Gasteiger partial charge < -0.3 is 24.8 Å². The Bertz CT molecular complexity index is 857. The maximum Gasteiger partial charge on any atom is 0.228 e. The second-order valence-electron chi connectivity index (χ2n) is 7.59. The van der Waals surface area contributed by atoms with Crippen LogP contribution in [0.3, 0.4) is 0 Å². The molecule has 1 heterocycles. The number of rotatable bonds is 6. The van der Waals surface area contributed by atoms with Gasteiger partial charge in [0.2, 0.25) is 6.36 Å². The van der Waals surface area contributed by atoms with Crippen LogP contribution in [0.25, 0.3) is 0 Å². The van der Waals surface area contributed by atoms with Crippen LogP contribution in [0, 0.1) is 0 Å². The van der Waals surface area contributed by atoms with Crippen LogP contribution >= 0.6 is 0 Å². The zero-order chi connectivity index (χ0) is 21.8. The topological polar surface area (TPSA) is 79.2 Å². The van der Waals surface area contributed by atoms with Crippen LogP contribution in [0.1, 0.15) is 16.7 Å². The largest absolute Gasteiger partial charge is 0.387 e. The van der Waals surface area contributed by atoms with Crippen molar-refractivity contribution in [3.8, 4) is 0 Å². The molecule has 31 heavy (non-hydrogen) atoms. The smallest absolute Gasteiger partial charge is 0.228 e. The predicted molar refractivity (Wildman–Crippen MR) is 113 cm³/mol. The van der Waals surface area contributed by atoms with Crippen LogP contribution in [-0.2, 0) is 15.1 Å². The van der Waals surface area contributed by atoms with Crippen molar-refractivity contribution < 1.29 is 29.2 Å². The zero-order valence-electron chi connectivity index (χ0n) is 16.8. The van der Waals surface area contributed by atoms with E-state index < -0.39 is 36.4 Å². The molecule has 0 radical (unpaired) electrons. The number of halogens is 1. The maximum absolute atomic E-state index is 14.0. The fourth-order valence-electron chi connectivity index (χ4n) is 4.02. The molecule has 3 aromatic carbocycles. The molecule has 5 nitrogen and oxygen atoms in total. The molecule has 0 saturated carbocycles. The Hall–Kier alpha value is -2.61. The Morgan fingerprint density at radius 2 is 1.10 bits per heavy atom. The minimum atomic E-state index is -2.12. The summed E-state index contributed by atoms with van der Waals surface area (Å²) in [5.74, 6) is 0. The first-order chi connectivity index (χ1) is 15.0. The third-order valence-corrected chi connectivity index (χ3v) is 5.66. The van der Waals surface area contributed by atoms with Crippen molar-refractivity contribution in [2.45, 2.75) is 36.4 Å². The van der Waals surface area contributed by atoms with E-state index in [9.17, 15) is 19.7 Å². The van der Waals surface area contributed by atoms with Gasteiger partial charge in [-0.3, -0.25) is 0 Å². The summed E-state index contributed by atoms with van der Waals surface area (Å²) in [5.41, 5.74) is 1.46. The van der Waals surface area contributed by atoms with Crippen molar-refractivity contribution in [2.75, 3.05) is 6.61 Å². The molecule has 162 valence electrons. The number of hydrogen-bond acceptors (Lipinski definition) is 5. The molecule has 5 atom stereocenters. The average molecular weight is 424 g/mol. The molecule has 0 bridgehead atoms. The summed E-state index contributed by atoms with van der Waals surface area (Å²) in [7, 11) is 0. The van der Waals surface area contributed by atoms with Crippen LogP contribution in [0.2, 0.25) is 0 Å². The third kappa shape index (κ3) is 4.13. The number of aliphatic hydroxyl groups is 3. The summed E-state index contributed by atoms with van der Waals surface area (Å²) in [5, 5.41) is 30.0. The van der Waals surface area contributed by atoms with Crippen molar-refractivity contribution in [3.63, 3.8) is 0 Å². The molecule has 1 aliphatic rings. The number of hydrogen-bond donors (Lipinski definition) is 3. The Kier molecular flexibility index (Phi) is 6.46. The van der Waals surface area contributed by atoms with Gasteiger partial charge in [0.15, 0.2) is 0 Å². The maximum atomic E-state index is 14.0. The van der Waals surface area contributed by atoms with Gasteiger partial charge in [0.1, 0.15) is 30.0 Å². The predicted octanol–water partition coefficient (Wildman–Crippen LogP) is 2.77. The third-order valence-electron chi connectivity index (χ3n) is 5.66. The SMILES string of the molecule is O[C@@H]1[C@H](O)[C@@H](F)O[C@H](COC(c2ccccc2)(c2ccccc2)c2ccccc2)[C@H]1O. The molecule has 0 amide bonds. The summed E-state index contributed by atoms with van der Waals surface area (Å²) in [6.45, 7) is -0.218. The highest BCUT2D eigenvalue weighted by Gasteiger charge is 2.46. The van der Waals surface area contributed by atoms with E-state index in [1.165, 1.54) is 0 Å². The van der Waals surface area contributed by atoms with Crippen molar-refractivity contribution in [3.05, 3.63) is 108 Å². The number of alkyl halides is 1. The first-order valence-corrected chi connectivity index (χ1v) is 10.2. The fraction of sp³-hybridized carbons (Fsp3) is 0.280. The fourth-order valence-corrected chi connectivity index (χ4v) is 4.02. The highest BCUT2D eigenvalue weighted by Crippen LogP contribution is 2.41. The van der Waals surface area contributed by atoms with Gasteiger partial charge in [0.05, 0.1) is 6.61 Å². The Labute approximate surface area is 180 Å². The molecule has 1 aliphatic heterocycles. The Morgan fingerprint density at radius 3 is 1.52 bits per heavy atom. The quantitative estimate of drug-likeness (QED) is 0.531. The summed E-state index contributed by atoms with van der Waals surface area (Å²) in [4.78, 5) is 0. The monoisotopic (exact) mass is 424 g/mol. The van der Waals surface area contributed by atoms with Gasteiger partial charge in [-0.25, -0.2) is 4.39 Å². The van der Waals surface area contributed by atoms with Gasteiger partial charge in [-0.1, -0.05) is 91.0 Å². The Balaban J connectivity index is 1.78. The van der Waals surface area contributed by atoms with Gasteiger partial charge in [-0.05, 0) is 16.7 Å². The second-order valence-corrected chi connectivity index (χ2v) is 7.59. The van der Waals surface area contributed by atoms with Crippen molar-refractivity contribution >= 4 is 0 Å². The van der Waals surface area contributed by atoms with Crippen LogP contribution in [0.5, 0.6) is 0 Å². The minimum absolute atomic E-state index is 0.218. The molecule has 6 heteroatoms.